The second kappa shape index (κ2) is 11.3. The van der Waals surface area contributed by atoms with Crippen LogP contribution < -0.4 is 0 Å². The SMILES string of the molecule is CC(=Cc1ccc(C)cn1)[C@@H]1C[C@@H]2C[C@@H]2CCC[C@H](C)[C@H](O)[C@@H](C)C(=O)C(C)(C)[C@@H](O)CC(=O)O1. The number of hydrogen-bond donors (Lipinski definition) is 2. The third-order valence-corrected chi connectivity index (χ3v) is 8.25. The number of ether oxygens (including phenoxy) is 1. The first kappa shape index (κ1) is 27.5. The van der Waals surface area contributed by atoms with Crippen LogP contribution in [-0.2, 0) is 14.3 Å². The molecule has 7 atom stereocenters. The summed E-state index contributed by atoms with van der Waals surface area (Å²) >= 11 is 0. The second-order valence-corrected chi connectivity index (χ2v) is 11.6. The summed E-state index contributed by atoms with van der Waals surface area (Å²) in [5.74, 6) is -0.271. The zero-order valence-corrected chi connectivity index (χ0v) is 22.2. The fourth-order valence-electron chi connectivity index (χ4n) is 5.34. The number of pyridine rings is 1. The van der Waals surface area contributed by atoms with Crippen LogP contribution in [0.5, 0.6) is 0 Å². The number of esters is 1. The molecule has 1 aromatic rings. The van der Waals surface area contributed by atoms with E-state index in [-0.39, 0.29) is 24.2 Å². The molecule has 0 spiro atoms. The fourth-order valence-corrected chi connectivity index (χ4v) is 5.34. The molecule has 0 amide bonds. The van der Waals surface area contributed by atoms with Gasteiger partial charge < -0.3 is 14.9 Å². The van der Waals surface area contributed by atoms with E-state index >= 15 is 0 Å². The lowest BCUT2D eigenvalue weighted by molar-refractivity contribution is -0.154. The molecule has 2 heterocycles. The van der Waals surface area contributed by atoms with Crippen LogP contribution in [-0.4, -0.2) is 45.3 Å². The van der Waals surface area contributed by atoms with Crippen LogP contribution in [0.1, 0.15) is 84.4 Å². The minimum atomic E-state index is -1.20. The van der Waals surface area contributed by atoms with E-state index in [4.69, 9.17) is 4.74 Å². The molecule has 1 saturated heterocycles. The third kappa shape index (κ3) is 7.01. The fraction of sp³-hybridized carbons (Fsp3) is 0.690. The van der Waals surface area contributed by atoms with Crippen molar-refractivity contribution in [3.63, 3.8) is 0 Å². The molecule has 3 rings (SSSR count). The smallest absolute Gasteiger partial charge is 0.309 e. The summed E-state index contributed by atoms with van der Waals surface area (Å²) in [6, 6.07) is 3.95. The number of aliphatic hydroxyl groups is 2. The first-order valence-corrected chi connectivity index (χ1v) is 13.1. The predicted octanol–water partition coefficient (Wildman–Crippen LogP) is 4.89. The van der Waals surface area contributed by atoms with Crippen LogP contribution in [0.25, 0.3) is 6.08 Å². The van der Waals surface area contributed by atoms with Crippen molar-refractivity contribution in [2.45, 2.75) is 98.4 Å². The number of cyclic esters (lactones) is 1. The number of aromatic nitrogens is 1. The van der Waals surface area contributed by atoms with E-state index in [9.17, 15) is 19.8 Å². The van der Waals surface area contributed by atoms with Crippen LogP contribution in [0, 0.1) is 36.0 Å². The number of aryl methyl sites for hydroxylation is 1. The summed E-state index contributed by atoms with van der Waals surface area (Å²) in [4.78, 5) is 30.6. The van der Waals surface area contributed by atoms with Gasteiger partial charge in [-0.3, -0.25) is 14.6 Å². The van der Waals surface area contributed by atoms with Crippen molar-refractivity contribution in [2.24, 2.45) is 29.1 Å². The minimum Gasteiger partial charge on any atom is -0.458 e. The van der Waals surface area contributed by atoms with Gasteiger partial charge in [-0.2, -0.15) is 0 Å². The van der Waals surface area contributed by atoms with E-state index in [1.807, 2.05) is 45.2 Å². The van der Waals surface area contributed by atoms with Gasteiger partial charge in [0.05, 0.1) is 29.7 Å². The van der Waals surface area contributed by atoms with Gasteiger partial charge >= 0.3 is 5.97 Å². The molecule has 2 N–H and O–H groups in total. The maximum Gasteiger partial charge on any atom is 0.309 e. The van der Waals surface area contributed by atoms with Gasteiger partial charge in [0.15, 0.2) is 0 Å². The van der Waals surface area contributed by atoms with Gasteiger partial charge in [-0.1, -0.05) is 46.6 Å². The molecular formula is C29H43NO5. The number of carbonyl (C=O) groups is 2. The van der Waals surface area contributed by atoms with Crippen LogP contribution in [0.3, 0.4) is 0 Å². The molecule has 2 aliphatic rings. The molecule has 1 aromatic heterocycles. The highest BCUT2D eigenvalue weighted by atomic mass is 16.5. The summed E-state index contributed by atoms with van der Waals surface area (Å²) in [5, 5.41) is 21.7. The topological polar surface area (TPSA) is 96.7 Å². The van der Waals surface area contributed by atoms with E-state index < -0.39 is 29.5 Å². The molecule has 194 valence electrons. The maximum atomic E-state index is 13.2. The zero-order chi connectivity index (χ0) is 25.9. The Morgan fingerprint density at radius 1 is 1.11 bits per heavy atom. The van der Waals surface area contributed by atoms with Crippen LogP contribution in [0.15, 0.2) is 23.9 Å². The maximum absolute atomic E-state index is 13.2. The van der Waals surface area contributed by atoms with Crippen molar-refractivity contribution >= 4 is 17.8 Å². The Kier molecular flexibility index (Phi) is 8.92. The van der Waals surface area contributed by atoms with Crippen molar-refractivity contribution in [3.05, 3.63) is 35.2 Å². The average molecular weight is 486 g/mol. The highest BCUT2D eigenvalue weighted by molar-refractivity contribution is 5.88. The summed E-state index contributed by atoms with van der Waals surface area (Å²) in [7, 11) is 0. The quantitative estimate of drug-likeness (QED) is 0.579. The molecule has 1 aliphatic heterocycles. The largest absolute Gasteiger partial charge is 0.458 e. The molecule has 1 aliphatic carbocycles. The highest BCUT2D eigenvalue weighted by Crippen LogP contribution is 2.47. The molecule has 6 nitrogen and oxygen atoms in total. The Morgan fingerprint density at radius 2 is 1.83 bits per heavy atom. The molecule has 6 heteroatoms. The Hall–Kier alpha value is -2.05. The standard InChI is InChI=1S/C29H43NO5/c1-17-10-11-23(30-16-17)12-19(3)24-14-22-13-21(22)9-7-8-18(2)27(33)20(4)28(34)29(5,6)25(31)15-26(32)35-24/h10-12,16,18,20-22,24-25,27,31,33H,7-9,13-15H2,1-6H3/t18-,20+,21-,22-,24-,25-,27-/m0/s1. The van der Waals surface area contributed by atoms with Gasteiger partial charge in [-0.05, 0) is 74.1 Å². The van der Waals surface area contributed by atoms with E-state index in [1.165, 1.54) is 0 Å². The summed E-state index contributed by atoms with van der Waals surface area (Å²) < 4.78 is 5.91. The van der Waals surface area contributed by atoms with Gasteiger partial charge in [0.1, 0.15) is 11.9 Å². The summed E-state index contributed by atoms with van der Waals surface area (Å²) in [6.45, 7) is 11.0. The van der Waals surface area contributed by atoms with Gasteiger partial charge in [-0.25, -0.2) is 0 Å². The monoisotopic (exact) mass is 485 g/mol. The normalized spacial score (nSPS) is 35.2. The van der Waals surface area contributed by atoms with E-state index in [0.717, 1.165) is 48.9 Å². The van der Waals surface area contributed by atoms with E-state index in [2.05, 4.69) is 4.98 Å². The molecular weight excluding hydrogens is 442 g/mol. The van der Waals surface area contributed by atoms with Crippen molar-refractivity contribution in [2.75, 3.05) is 0 Å². The molecule has 2 fully saturated rings. The zero-order valence-electron chi connectivity index (χ0n) is 22.2. The predicted molar refractivity (Wildman–Crippen MR) is 136 cm³/mol. The number of rotatable bonds is 2. The number of Topliss-reactive ketones (excluding diaryl/α,β-unsaturated/α-hetero) is 1. The molecule has 0 unspecified atom stereocenters. The lowest BCUT2D eigenvalue weighted by Crippen LogP contribution is -2.45. The average Bonchev–Trinajstić information content (AvgIpc) is 3.55. The van der Waals surface area contributed by atoms with Crippen molar-refractivity contribution < 1.29 is 24.5 Å². The van der Waals surface area contributed by atoms with Gasteiger partial charge in [0.25, 0.3) is 0 Å². The lowest BCUT2D eigenvalue weighted by Gasteiger charge is -2.34. The van der Waals surface area contributed by atoms with Crippen molar-refractivity contribution in [3.8, 4) is 0 Å². The van der Waals surface area contributed by atoms with Crippen LogP contribution in [0.2, 0.25) is 0 Å². The molecule has 0 bridgehead atoms. The number of carbonyl (C=O) groups excluding carboxylic acids is 2. The first-order chi connectivity index (χ1) is 16.4. The number of aliphatic hydroxyl groups excluding tert-OH is 2. The second-order valence-electron chi connectivity index (χ2n) is 11.6. The number of fused-ring (bicyclic) bond motifs is 1. The summed E-state index contributed by atoms with van der Waals surface area (Å²) in [5.41, 5.74) is 1.65. The summed E-state index contributed by atoms with van der Waals surface area (Å²) in [6.07, 6.45) is 5.96. The minimum absolute atomic E-state index is 0.00287. The Labute approximate surface area is 210 Å². The van der Waals surface area contributed by atoms with E-state index in [0.29, 0.717) is 11.8 Å². The van der Waals surface area contributed by atoms with Crippen LogP contribution >= 0.6 is 0 Å². The molecule has 35 heavy (non-hydrogen) atoms. The highest BCUT2D eigenvalue weighted by Gasteiger charge is 2.43. The van der Waals surface area contributed by atoms with Gasteiger partial charge in [-0.15, -0.1) is 0 Å². The molecule has 0 aromatic carbocycles. The number of nitrogens with zero attached hydrogens (tertiary/aromatic N) is 1. The first-order valence-electron chi connectivity index (χ1n) is 13.1. The number of hydrogen-bond acceptors (Lipinski definition) is 6. The van der Waals surface area contributed by atoms with E-state index in [1.54, 1.807) is 20.8 Å². The lowest BCUT2D eigenvalue weighted by atomic mass is 9.73. The Morgan fingerprint density at radius 3 is 2.49 bits per heavy atom. The van der Waals surface area contributed by atoms with Gasteiger partial charge in [0.2, 0.25) is 0 Å². The number of ketones is 1. The Balaban J connectivity index is 1.82. The van der Waals surface area contributed by atoms with Crippen molar-refractivity contribution in [1.82, 2.24) is 4.98 Å². The molecule has 1 saturated carbocycles. The Bertz CT molecular complexity index is 922. The molecule has 0 radical (unpaired) electrons. The van der Waals surface area contributed by atoms with Crippen LogP contribution in [0.4, 0.5) is 0 Å². The van der Waals surface area contributed by atoms with Crippen molar-refractivity contribution in [1.29, 1.82) is 0 Å². The third-order valence-electron chi connectivity index (χ3n) is 8.25. The van der Waals surface area contributed by atoms with Gasteiger partial charge in [0, 0.05) is 12.1 Å².